The Morgan fingerprint density at radius 1 is 0.833 bits per heavy atom. The molecule has 24 heavy (non-hydrogen) atoms. The maximum Gasteiger partial charge on any atom is 0.339 e. The topological polar surface area (TPSA) is 52.6 Å². The van der Waals surface area contributed by atoms with E-state index >= 15 is 0 Å². The highest BCUT2D eigenvalue weighted by molar-refractivity contribution is 7.87. The molecule has 3 rings (SSSR count). The fraction of sp³-hybridized carbons (Fsp3) is 0.158. The molecule has 0 radical (unpaired) electrons. The van der Waals surface area contributed by atoms with Crippen molar-refractivity contribution in [1.82, 2.24) is 0 Å². The average molecular weight is 342 g/mol. The fourth-order valence-electron chi connectivity index (χ4n) is 2.73. The molecule has 0 amide bonds. The number of fused-ring (bicyclic) bond motifs is 1. The van der Waals surface area contributed by atoms with Gasteiger partial charge in [-0.25, -0.2) is 0 Å². The van der Waals surface area contributed by atoms with E-state index in [9.17, 15) is 8.42 Å². The van der Waals surface area contributed by atoms with Gasteiger partial charge in [0, 0.05) is 11.5 Å². The first-order valence-corrected chi connectivity index (χ1v) is 8.90. The van der Waals surface area contributed by atoms with Crippen molar-refractivity contribution in [3.05, 3.63) is 65.7 Å². The third-order valence-electron chi connectivity index (χ3n) is 3.91. The van der Waals surface area contributed by atoms with Gasteiger partial charge >= 0.3 is 10.1 Å². The van der Waals surface area contributed by atoms with Crippen molar-refractivity contribution < 1.29 is 17.3 Å². The molecule has 0 aliphatic carbocycles. The van der Waals surface area contributed by atoms with E-state index in [0.29, 0.717) is 17.1 Å². The SMILES string of the molecule is COc1cc(S(=O)(=O)Oc2cccc3ccccc23)c(C)cc1C. The maximum absolute atomic E-state index is 12.8. The molecule has 0 saturated heterocycles. The third-order valence-corrected chi connectivity index (χ3v) is 5.29. The molecule has 0 unspecified atom stereocenters. The van der Waals surface area contributed by atoms with Gasteiger partial charge in [-0.2, -0.15) is 8.42 Å². The van der Waals surface area contributed by atoms with Crippen molar-refractivity contribution in [2.24, 2.45) is 0 Å². The first-order valence-electron chi connectivity index (χ1n) is 7.50. The van der Waals surface area contributed by atoms with Crippen LogP contribution in [0.25, 0.3) is 10.8 Å². The van der Waals surface area contributed by atoms with Crippen molar-refractivity contribution in [2.75, 3.05) is 7.11 Å². The summed E-state index contributed by atoms with van der Waals surface area (Å²) >= 11 is 0. The minimum Gasteiger partial charge on any atom is -0.496 e. The molecule has 0 fully saturated rings. The molecular formula is C19H18O4S. The Hall–Kier alpha value is -2.53. The molecule has 0 bridgehead atoms. The zero-order chi connectivity index (χ0) is 17.3. The predicted octanol–water partition coefficient (Wildman–Crippen LogP) is 4.23. The van der Waals surface area contributed by atoms with Crippen LogP contribution in [0.5, 0.6) is 11.5 Å². The van der Waals surface area contributed by atoms with Crippen LogP contribution in [0.4, 0.5) is 0 Å². The van der Waals surface area contributed by atoms with E-state index in [0.717, 1.165) is 16.3 Å². The molecule has 0 atom stereocenters. The monoisotopic (exact) mass is 342 g/mol. The van der Waals surface area contributed by atoms with Gasteiger partial charge in [0.05, 0.1) is 7.11 Å². The van der Waals surface area contributed by atoms with E-state index in [1.165, 1.54) is 13.2 Å². The Morgan fingerprint density at radius 2 is 1.54 bits per heavy atom. The largest absolute Gasteiger partial charge is 0.496 e. The van der Waals surface area contributed by atoms with Crippen LogP contribution in [-0.2, 0) is 10.1 Å². The number of hydrogen-bond donors (Lipinski definition) is 0. The van der Waals surface area contributed by atoms with Crippen LogP contribution >= 0.6 is 0 Å². The smallest absolute Gasteiger partial charge is 0.339 e. The van der Waals surface area contributed by atoms with E-state index < -0.39 is 10.1 Å². The Balaban J connectivity index is 2.09. The molecule has 5 heteroatoms. The van der Waals surface area contributed by atoms with Gasteiger partial charge in [0.2, 0.25) is 0 Å². The lowest BCUT2D eigenvalue weighted by atomic mass is 10.1. The number of rotatable bonds is 4. The van der Waals surface area contributed by atoms with Gasteiger partial charge in [0.25, 0.3) is 0 Å². The van der Waals surface area contributed by atoms with Crippen LogP contribution in [0.2, 0.25) is 0 Å². The average Bonchev–Trinajstić information content (AvgIpc) is 2.55. The fourth-order valence-corrected chi connectivity index (χ4v) is 3.91. The second-order valence-electron chi connectivity index (χ2n) is 5.60. The van der Waals surface area contributed by atoms with Crippen LogP contribution in [-0.4, -0.2) is 15.5 Å². The highest BCUT2D eigenvalue weighted by atomic mass is 32.2. The zero-order valence-corrected chi connectivity index (χ0v) is 14.6. The molecule has 3 aromatic carbocycles. The molecular weight excluding hydrogens is 324 g/mol. The molecule has 0 aromatic heterocycles. The molecule has 3 aromatic rings. The number of aryl methyl sites for hydroxylation is 2. The van der Waals surface area contributed by atoms with Gasteiger partial charge in [0.15, 0.2) is 5.75 Å². The van der Waals surface area contributed by atoms with Crippen LogP contribution in [0.15, 0.2) is 59.5 Å². The normalized spacial score (nSPS) is 11.5. The quantitative estimate of drug-likeness (QED) is 0.666. The first kappa shape index (κ1) is 16.3. The molecule has 0 N–H and O–H groups in total. The molecule has 0 saturated carbocycles. The summed E-state index contributed by atoms with van der Waals surface area (Å²) in [5, 5.41) is 1.67. The lowest BCUT2D eigenvalue weighted by molar-refractivity contribution is 0.409. The number of hydrogen-bond acceptors (Lipinski definition) is 4. The van der Waals surface area contributed by atoms with Crippen molar-refractivity contribution in [2.45, 2.75) is 18.7 Å². The van der Waals surface area contributed by atoms with Crippen LogP contribution in [0.1, 0.15) is 11.1 Å². The minimum absolute atomic E-state index is 0.109. The van der Waals surface area contributed by atoms with Gasteiger partial charge in [-0.3, -0.25) is 0 Å². The zero-order valence-electron chi connectivity index (χ0n) is 13.7. The van der Waals surface area contributed by atoms with Crippen molar-refractivity contribution in [3.8, 4) is 11.5 Å². The van der Waals surface area contributed by atoms with Crippen molar-refractivity contribution in [1.29, 1.82) is 0 Å². The van der Waals surface area contributed by atoms with E-state index in [1.54, 1.807) is 25.1 Å². The van der Waals surface area contributed by atoms with Crippen LogP contribution < -0.4 is 8.92 Å². The maximum atomic E-state index is 12.8. The summed E-state index contributed by atoms with van der Waals surface area (Å²) in [6, 6.07) is 16.1. The summed E-state index contributed by atoms with van der Waals surface area (Å²) < 4.78 is 36.2. The molecule has 124 valence electrons. The summed E-state index contributed by atoms with van der Waals surface area (Å²) in [7, 11) is -2.45. The van der Waals surface area contributed by atoms with E-state index in [2.05, 4.69) is 0 Å². The summed E-state index contributed by atoms with van der Waals surface area (Å²) in [6.45, 7) is 3.61. The summed E-state index contributed by atoms with van der Waals surface area (Å²) in [5.41, 5.74) is 1.49. The summed E-state index contributed by atoms with van der Waals surface area (Å²) in [4.78, 5) is 0.109. The summed E-state index contributed by atoms with van der Waals surface area (Å²) in [6.07, 6.45) is 0. The minimum atomic E-state index is -3.96. The van der Waals surface area contributed by atoms with Crippen LogP contribution in [0.3, 0.4) is 0 Å². The lowest BCUT2D eigenvalue weighted by Crippen LogP contribution is -2.12. The number of methoxy groups -OCH3 is 1. The first-order chi connectivity index (χ1) is 11.4. The van der Waals surface area contributed by atoms with Gasteiger partial charge in [0.1, 0.15) is 10.6 Å². The van der Waals surface area contributed by atoms with E-state index in [-0.39, 0.29) is 4.90 Å². The molecule has 0 spiro atoms. The highest BCUT2D eigenvalue weighted by Gasteiger charge is 2.22. The lowest BCUT2D eigenvalue weighted by Gasteiger charge is -2.13. The Bertz CT molecular complexity index is 1000. The van der Waals surface area contributed by atoms with Gasteiger partial charge in [-0.15, -0.1) is 0 Å². The van der Waals surface area contributed by atoms with Crippen molar-refractivity contribution >= 4 is 20.9 Å². The second-order valence-corrected chi connectivity index (χ2v) is 7.12. The predicted molar refractivity (Wildman–Crippen MR) is 94.2 cm³/mol. The Morgan fingerprint density at radius 3 is 2.29 bits per heavy atom. The summed E-state index contributed by atoms with van der Waals surface area (Å²) in [5.74, 6) is 0.827. The van der Waals surface area contributed by atoms with Gasteiger partial charge < -0.3 is 8.92 Å². The molecule has 0 heterocycles. The molecule has 0 aliphatic heterocycles. The van der Waals surface area contributed by atoms with Crippen LogP contribution in [0, 0.1) is 13.8 Å². The van der Waals surface area contributed by atoms with Gasteiger partial charge in [-0.05, 0) is 36.4 Å². The second kappa shape index (κ2) is 6.17. The highest BCUT2D eigenvalue weighted by Crippen LogP contribution is 2.31. The molecule has 4 nitrogen and oxygen atoms in total. The van der Waals surface area contributed by atoms with E-state index in [1.807, 2.05) is 37.3 Å². The molecule has 0 aliphatic rings. The Kier molecular flexibility index (Phi) is 4.20. The third kappa shape index (κ3) is 2.95. The Labute approximate surface area is 141 Å². The number of benzene rings is 3. The van der Waals surface area contributed by atoms with E-state index in [4.69, 9.17) is 8.92 Å². The van der Waals surface area contributed by atoms with Crippen molar-refractivity contribution in [3.63, 3.8) is 0 Å². The number of ether oxygens (including phenoxy) is 1. The van der Waals surface area contributed by atoms with Gasteiger partial charge in [-0.1, -0.05) is 42.5 Å². The standard InChI is InChI=1S/C19H18O4S/c1-13-11-14(2)19(12-18(13)22-3)24(20,21)23-17-10-6-8-15-7-4-5-9-16(15)17/h4-12H,1-3H3.